The van der Waals surface area contributed by atoms with Crippen molar-refractivity contribution in [2.45, 2.75) is 6.04 Å². The molecule has 3 rings (SSSR count). The number of ketones is 1. The topological polar surface area (TPSA) is 87.1 Å². The van der Waals surface area contributed by atoms with E-state index in [4.69, 9.17) is 27.9 Å². The van der Waals surface area contributed by atoms with Crippen LogP contribution in [0.5, 0.6) is 5.75 Å². The summed E-state index contributed by atoms with van der Waals surface area (Å²) in [6.07, 6.45) is 0. The molecule has 0 aromatic heterocycles. The van der Waals surface area contributed by atoms with Gasteiger partial charge in [0.2, 0.25) is 0 Å². The van der Waals surface area contributed by atoms with E-state index < -0.39 is 17.7 Å². The maximum absolute atomic E-state index is 12.7. The second-order valence-electron chi connectivity index (χ2n) is 6.11. The number of β-amino-alcohol motifs (C(OH)–C–C–N with tert-alkyl or cyclic N) is 1. The molecule has 1 atom stereocenters. The number of benzene rings is 2. The molecule has 1 aliphatic heterocycles. The summed E-state index contributed by atoms with van der Waals surface area (Å²) in [5.41, 5.74) is 0.666. The second-order valence-corrected chi connectivity index (χ2v) is 6.95. The van der Waals surface area contributed by atoms with Gasteiger partial charge in [-0.15, -0.1) is 0 Å². The highest BCUT2D eigenvalue weighted by molar-refractivity contribution is 6.47. The number of aliphatic hydroxyl groups is 2. The Kier molecular flexibility index (Phi) is 5.93. The van der Waals surface area contributed by atoms with E-state index in [-0.39, 0.29) is 29.5 Å². The molecular formula is C20H17Cl2NO5. The molecule has 1 saturated heterocycles. The number of hydrogen-bond donors (Lipinski definition) is 2. The van der Waals surface area contributed by atoms with Gasteiger partial charge in [-0.1, -0.05) is 29.3 Å². The Hall–Kier alpha value is -2.54. The van der Waals surface area contributed by atoms with Crippen molar-refractivity contribution in [1.29, 1.82) is 0 Å². The molecule has 1 fully saturated rings. The van der Waals surface area contributed by atoms with Crippen LogP contribution in [0.15, 0.2) is 48.0 Å². The Bertz CT molecular complexity index is 956. The number of rotatable bonds is 5. The lowest BCUT2D eigenvalue weighted by molar-refractivity contribution is -0.140. The number of aliphatic hydroxyl groups excluding tert-OH is 2. The summed E-state index contributed by atoms with van der Waals surface area (Å²) in [6, 6.07) is 10.1. The highest BCUT2D eigenvalue weighted by Gasteiger charge is 2.46. The summed E-state index contributed by atoms with van der Waals surface area (Å²) in [4.78, 5) is 26.4. The third-order valence-electron chi connectivity index (χ3n) is 4.50. The smallest absolute Gasteiger partial charge is 0.295 e. The Labute approximate surface area is 171 Å². The first kappa shape index (κ1) is 20.2. The number of likely N-dealkylation sites (tertiary alicyclic amines) is 1. The predicted molar refractivity (Wildman–Crippen MR) is 106 cm³/mol. The van der Waals surface area contributed by atoms with Gasteiger partial charge in [0.1, 0.15) is 11.5 Å². The highest BCUT2D eigenvalue weighted by Crippen LogP contribution is 2.42. The minimum Gasteiger partial charge on any atom is -0.507 e. The maximum atomic E-state index is 12.7. The molecule has 2 aromatic rings. The molecule has 8 heteroatoms. The van der Waals surface area contributed by atoms with E-state index in [1.54, 1.807) is 36.4 Å². The molecule has 2 aromatic carbocycles. The van der Waals surface area contributed by atoms with Crippen LogP contribution in [0, 0.1) is 0 Å². The Balaban J connectivity index is 2.19. The minimum atomic E-state index is -0.945. The molecule has 1 amide bonds. The van der Waals surface area contributed by atoms with Crippen LogP contribution in [-0.2, 0) is 9.59 Å². The lowest BCUT2D eigenvalue weighted by Crippen LogP contribution is -2.32. The standard InChI is InChI=1S/C20H17Cl2NO5/c1-28-13-5-2-11(3-6-13)18(25)16-17(14-7-4-12(21)10-15(14)22)23(8-9-24)20(27)19(16)26/h2-7,10,17,24-25H,8-9H2,1H3/b18-16-. The fraction of sp³-hybridized carbons (Fsp3) is 0.200. The number of amides is 1. The molecule has 2 N–H and O–H groups in total. The minimum absolute atomic E-state index is 0.0897. The third kappa shape index (κ3) is 3.58. The Morgan fingerprint density at radius 1 is 1.14 bits per heavy atom. The molecule has 1 heterocycles. The number of ether oxygens (including phenoxy) is 1. The van der Waals surface area contributed by atoms with E-state index in [2.05, 4.69) is 0 Å². The van der Waals surface area contributed by atoms with E-state index in [0.717, 1.165) is 0 Å². The summed E-state index contributed by atoms with van der Waals surface area (Å²) in [5.74, 6) is -1.43. The number of carbonyl (C=O) groups excluding carboxylic acids is 2. The largest absolute Gasteiger partial charge is 0.507 e. The van der Waals surface area contributed by atoms with Gasteiger partial charge in [0, 0.05) is 22.2 Å². The van der Waals surface area contributed by atoms with Crippen LogP contribution >= 0.6 is 23.2 Å². The molecule has 1 aliphatic rings. The maximum Gasteiger partial charge on any atom is 0.295 e. The van der Waals surface area contributed by atoms with Gasteiger partial charge in [-0.2, -0.15) is 0 Å². The lowest BCUT2D eigenvalue weighted by Gasteiger charge is -2.25. The fourth-order valence-electron chi connectivity index (χ4n) is 3.17. The monoisotopic (exact) mass is 421 g/mol. The average Bonchev–Trinajstić information content (AvgIpc) is 2.93. The molecule has 0 saturated carbocycles. The van der Waals surface area contributed by atoms with E-state index in [1.165, 1.54) is 18.1 Å². The fourth-order valence-corrected chi connectivity index (χ4v) is 3.68. The van der Waals surface area contributed by atoms with Crippen LogP contribution in [0.3, 0.4) is 0 Å². The van der Waals surface area contributed by atoms with Crippen LogP contribution in [-0.4, -0.2) is 47.1 Å². The van der Waals surface area contributed by atoms with Gasteiger partial charge in [0.15, 0.2) is 0 Å². The van der Waals surface area contributed by atoms with Crippen LogP contribution in [0.25, 0.3) is 5.76 Å². The quantitative estimate of drug-likeness (QED) is 0.438. The highest BCUT2D eigenvalue weighted by atomic mass is 35.5. The van der Waals surface area contributed by atoms with Crippen LogP contribution < -0.4 is 4.74 Å². The van der Waals surface area contributed by atoms with Crippen molar-refractivity contribution in [2.24, 2.45) is 0 Å². The summed E-state index contributed by atoms with van der Waals surface area (Å²) < 4.78 is 5.09. The van der Waals surface area contributed by atoms with Gasteiger partial charge in [-0.05, 0) is 42.0 Å². The number of nitrogens with zero attached hydrogens (tertiary/aromatic N) is 1. The molecule has 1 unspecified atom stereocenters. The molecule has 0 aliphatic carbocycles. The van der Waals surface area contributed by atoms with Crippen molar-refractivity contribution in [3.8, 4) is 5.75 Å². The van der Waals surface area contributed by atoms with Gasteiger partial charge < -0.3 is 19.8 Å². The Morgan fingerprint density at radius 3 is 2.39 bits per heavy atom. The van der Waals surface area contributed by atoms with Crippen molar-refractivity contribution in [3.05, 3.63) is 69.2 Å². The van der Waals surface area contributed by atoms with Crippen LogP contribution in [0.2, 0.25) is 10.0 Å². The summed E-state index contributed by atoms with van der Waals surface area (Å²) in [5, 5.41) is 20.8. The molecule has 0 spiro atoms. The van der Waals surface area contributed by atoms with Crippen molar-refractivity contribution >= 4 is 40.7 Å². The first-order chi connectivity index (χ1) is 13.4. The average molecular weight is 422 g/mol. The number of carbonyl (C=O) groups is 2. The predicted octanol–water partition coefficient (Wildman–Crippen LogP) is 3.42. The van der Waals surface area contributed by atoms with Crippen molar-refractivity contribution in [2.75, 3.05) is 20.3 Å². The molecular weight excluding hydrogens is 405 g/mol. The second kappa shape index (κ2) is 8.22. The number of hydrogen-bond acceptors (Lipinski definition) is 5. The van der Waals surface area contributed by atoms with Crippen molar-refractivity contribution < 1.29 is 24.5 Å². The summed E-state index contributed by atoms with van der Waals surface area (Å²) in [7, 11) is 1.51. The molecule has 28 heavy (non-hydrogen) atoms. The van der Waals surface area contributed by atoms with Gasteiger partial charge in [0.05, 0.1) is 25.3 Å². The zero-order chi connectivity index (χ0) is 20.4. The van der Waals surface area contributed by atoms with Crippen molar-refractivity contribution in [3.63, 3.8) is 0 Å². The van der Waals surface area contributed by atoms with E-state index in [9.17, 15) is 19.8 Å². The zero-order valence-electron chi connectivity index (χ0n) is 14.9. The lowest BCUT2D eigenvalue weighted by atomic mass is 9.95. The van der Waals surface area contributed by atoms with Crippen molar-refractivity contribution in [1.82, 2.24) is 4.90 Å². The van der Waals surface area contributed by atoms with E-state index in [0.29, 0.717) is 21.9 Å². The van der Waals surface area contributed by atoms with E-state index >= 15 is 0 Å². The normalized spacial score (nSPS) is 18.6. The van der Waals surface area contributed by atoms with Gasteiger partial charge in [0.25, 0.3) is 11.7 Å². The number of halogens is 2. The van der Waals surface area contributed by atoms with Gasteiger partial charge >= 0.3 is 0 Å². The Morgan fingerprint density at radius 2 is 1.82 bits per heavy atom. The van der Waals surface area contributed by atoms with Gasteiger partial charge in [-0.25, -0.2) is 0 Å². The summed E-state index contributed by atoms with van der Waals surface area (Å²) >= 11 is 12.3. The summed E-state index contributed by atoms with van der Waals surface area (Å²) in [6.45, 7) is -0.440. The van der Waals surface area contributed by atoms with Crippen LogP contribution in [0.1, 0.15) is 17.2 Å². The zero-order valence-corrected chi connectivity index (χ0v) is 16.4. The molecule has 0 radical (unpaired) electrons. The molecule has 6 nitrogen and oxygen atoms in total. The molecule has 0 bridgehead atoms. The third-order valence-corrected chi connectivity index (χ3v) is 5.06. The number of methoxy groups -OCH3 is 1. The van der Waals surface area contributed by atoms with Gasteiger partial charge in [-0.3, -0.25) is 9.59 Å². The first-order valence-electron chi connectivity index (χ1n) is 8.37. The van der Waals surface area contributed by atoms with E-state index in [1.807, 2.05) is 0 Å². The number of Topliss-reactive ketones (excluding diaryl/α,β-unsaturated/α-hetero) is 1. The first-order valence-corrected chi connectivity index (χ1v) is 9.13. The van der Waals surface area contributed by atoms with Crippen LogP contribution in [0.4, 0.5) is 0 Å². The SMILES string of the molecule is COc1ccc(/C(O)=C2/C(=O)C(=O)N(CCO)C2c2ccc(Cl)cc2Cl)cc1. The molecule has 146 valence electrons.